The highest BCUT2D eigenvalue weighted by molar-refractivity contribution is 6.10. The van der Waals surface area contributed by atoms with E-state index < -0.39 is 0 Å². The van der Waals surface area contributed by atoms with Crippen LogP contribution >= 0.6 is 0 Å². The van der Waals surface area contributed by atoms with E-state index in [0.717, 1.165) is 62.9 Å². The second-order valence-corrected chi connectivity index (χ2v) is 14.6. The minimum absolute atomic E-state index is 0.107. The first kappa shape index (κ1) is 30.3. The molecule has 52 heavy (non-hydrogen) atoms. The molecule has 6 aromatic carbocycles. The van der Waals surface area contributed by atoms with Crippen molar-refractivity contribution in [3.05, 3.63) is 180 Å². The van der Waals surface area contributed by atoms with Crippen molar-refractivity contribution < 1.29 is 0 Å². The molecule has 0 fully saturated rings. The van der Waals surface area contributed by atoms with E-state index in [1.165, 1.54) is 44.4 Å². The van der Waals surface area contributed by atoms with Crippen molar-refractivity contribution in [3.8, 4) is 45.3 Å². The van der Waals surface area contributed by atoms with Gasteiger partial charge in [-0.2, -0.15) is 5.26 Å². The van der Waals surface area contributed by atoms with Gasteiger partial charge in [-0.25, -0.2) is 4.98 Å². The maximum absolute atomic E-state index is 9.87. The van der Waals surface area contributed by atoms with E-state index in [2.05, 4.69) is 152 Å². The second kappa shape index (κ2) is 11.5. The topological polar surface area (TPSA) is 41.6 Å². The lowest BCUT2D eigenvalue weighted by molar-refractivity contribution is 0.700. The van der Waals surface area contributed by atoms with E-state index in [4.69, 9.17) is 4.98 Å². The van der Waals surface area contributed by atoms with E-state index in [-0.39, 0.29) is 5.41 Å². The molecule has 2 aliphatic carbocycles. The second-order valence-electron chi connectivity index (χ2n) is 14.6. The summed E-state index contributed by atoms with van der Waals surface area (Å²) in [4.78, 5) is 5.12. The predicted octanol–water partition coefficient (Wildman–Crippen LogP) is 12.2. The fourth-order valence-electron chi connectivity index (χ4n) is 9.01. The highest BCUT2D eigenvalue weighted by Crippen LogP contribution is 2.57. The van der Waals surface area contributed by atoms with Crippen LogP contribution in [0.2, 0.25) is 0 Å². The molecule has 0 unspecified atom stereocenters. The summed E-state index contributed by atoms with van der Waals surface area (Å²) in [5.74, 6) is 0. The first-order valence-electron chi connectivity index (χ1n) is 18.1. The molecule has 0 saturated carbocycles. The SMILES string of the molecule is CC1(C)C2=C(CCc3c2c2ccccc2n3-c2cc(-c3cccc(C#N)c3)cc(-c3cc(-c4ccccc4)nc4ccccc34)c2)c2ccccc21. The van der Waals surface area contributed by atoms with Crippen LogP contribution < -0.4 is 0 Å². The maximum Gasteiger partial charge on any atom is 0.0991 e. The van der Waals surface area contributed by atoms with Gasteiger partial charge in [-0.3, -0.25) is 0 Å². The summed E-state index contributed by atoms with van der Waals surface area (Å²) in [5, 5.41) is 12.3. The summed E-state index contributed by atoms with van der Waals surface area (Å²) in [6, 6.07) is 56.3. The fourth-order valence-corrected chi connectivity index (χ4v) is 9.01. The standard InChI is InChI=1S/C49H35N3/c1-49(2)42-20-9-6-17-37(42)39-23-24-46-47(48(39)49)40-19-8-11-22-45(40)52(46)36-27-34(33-16-12-13-31(25-33)30-50)26-35(28-36)41-29-44(32-14-4-3-5-15-32)51-43-21-10-7-18-38(41)43/h3-22,25-29H,23-24H2,1-2H3. The van der Waals surface area contributed by atoms with Crippen molar-refractivity contribution in [2.45, 2.75) is 32.1 Å². The summed E-state index contributed by atoms with van der Waals surface area (Å²) < 4.78 is 2.52. The zero-order chi connectivity index (χ0) is 35.0. The lowest BCUT2D eigenvalue weighted by Gasteiger charge is -2.28. The summed E-state index contributed by atoms with van der Waals surface area (Å²) in [5.41, 5.74) is 18.7. The van der Waals surface area contributed by atoms with Crippen molar-refractivity contribution in [2.75, 3.05) is 0 Å². The van der Waals surface area contributed by atoms with Crippen LogP contribution in [0.25, 0.3) is 72.2 Å². The number of nitriles is 1. The monoisotopic (exact) mass is 665 g/mol. The largest absolute Gasteiger partial charge is 0.313 e. The minimum Gasteiger partial charge on any atom is -0.313 e. The molecule has 10 rings (SSSR count). The highest BCUT2D eigenvalue weighted by atomic mass is 15.0. The molecule has 0 radical (unpaired) electrons. The summed E-state index contributed by atoms with van der Waals surface area (Å²) >= 11 is 0. The van der Waals surface area contributed by atoms with Crippen molar-refractivity contribution >= 4 is 33.0 Å². The third-order valence-corrected chi connectivity index (χ3v) is 11.3. The molecule has 0 amide bonds. The Balaban J connectivity index is 1.27. The summed E-state index contributed by atoms with van der Waals surface area (Å²) in [6.07, 6.45) is 1.96. The minimum atomic E-state index is -0.107. The molecule has 246 valence electrons. The molecule has 0 spiro atoms. The Hall–Kier alpha value is -6.50. The van der Waals surface area contributed by atoms with E-state index in [9.17, 15) is 5.26 Å². The Kier molecular flexibility index (Phi) is 6.72. The molecule has 8 aromatic rings. The fraction of sp³-hybridized carbons (Fsp3) is 0.102. The molecule has 3 heteroatoms. The van der Waals surface area contributed by atoms with Gasteiger partial charge in [0.1, 0.15) is 0 Å². The van der Waals surface area contributed by atoms with Crippen LogP contribution in [0.1, 0.15) is 48.2 Å². The molecule has 0 N–H and O–H groups in total. The number of hydrogen-bond donors (Lipinski definition) is 0. The van der Waals surface area contributed by atoms with Gasteiger partial charge in [-0.15, -0.1) is 0 Å². The molecule has 0 atom stereocenters. The van der Waals surface area contributed by atoms with Crippen LogP contribution in [0.4, 0.5) is 0 Å². The lowest BCUT2D eigenvalue weighted by Crippen LogP contribution is -2.18. The van der Waals surface area contributed by atoms with Gasteiger partial charge in [0.15, 0.2) is 0 Å². The molecule has 2 aliphatic rings. The van der Waals surface area contributed by atoms with Crippen LogP contribution in [0.5, 0.6) is 0 Å². The number of pyridine rings is 1. The number of nitrogens with zero attached hydrogens (tertiary/aromatic N) is 3. The van der Waals surface area contributed by atoms with Crippen LogP contribution in [-0.4, -0.2) is 9.55 Å². The zero-order valence-corrected chi connectivity index (χ0v) is 29.2. The van der Waals surface area contributed by atoms with Gasteiger partial charge in [-0.05, 0) is 106 Å². The van der Waals surface area contributed by atoms with E-state index in [1.54, 1.807) is 0 Å². The Morgan fingerprint density at radius 3 is 2.21 bits per heavy atom. The Morgan fingerprint density at radius 1 is 0.615 bits per heavy atom. The Bertz CT molecular complexity index is 2830. The molecule has 3 nitrogen and oxygen atoms in total. The van der Waals surface area contributed by atoms with Crippen LogP contribution in [0.15, 0.2) is 152 Å². The number of para-hydroxylation sites is 2. The van der Waals surface area contributed by atoms with Crippen molar-refractivity contribution in [3.63, 3.8) is 0 Å². The molecule has 0 aliphatic heterocycles. The first-order valence-corrected chi connectivity index (χ1v) is 18.1. The van der Waals surface area contributed by atoms with Gasteiger partial charge in [0.2, 0.25) is 0 Å². The average molecular weight is 666 g/mol. The molecule has 2 aromatic heterocycles. The zero-order valence-electron chi connectivity index (χ0n) is 29.2. The van der Waals surface area contributed by atoms with E-state index in [1.807, 2.05) is 24.3 Å². The molecule has 2 heterocycles. The molecule has 0 bridgehead atoms. The van der Waals surface area contributed by atoms with Crippen molar-refractivity contribution in [2.24, 2.45) is 0 Å². The van der Waals surface area contributed by atoms with Crippen LogP contribution in [0.3, 0.4) is 0 Å². The summed E-state index contributed by atoms with van der Waals surface area (Å²) in [6.45, 7) is 4.80. The Morgan fingerprint density at radius 2 is 1.35 bits per heavy atom. The maximum atomic E-state index is 9.87. The number of fused-ring (bicyclic) bond motifs is 7. The number of allylic oxidation sites excluding steroid dienone is 2. The lowest BCUT2D eigenvalue weighted by atomic mass is 9.75. The molecule has 0 saturated heterocycles. The highest BCUT2D eigenvalue weighted by Gasteiger charge is 2.42. The van der Waals surface area contributed by atoms with E-state index >= 15 is 0 Å². The van der Waals surface area contributed by atoms with Gasteiger partial charge in [0.25, 0.3) is 0 Å². The van der Waals surface area contributed by atoms with Gasteiger partial charge < -0.3 is 4.57 Å². The van der Waals surface area contributed by atoms with Crippen molar-refractivity contribution in [1.82, 2.24) is 9.55 Å². The number of benzene rings is 6. The smallest absolute Gasteiger partial charge is 0.0991 e. The third-order valence-electron chi connectivity index (χ3n) is 11.3. The molecular weight excluding hydrogens is 631 g/mol. The quantitative estimate of drug-likeness (QED) is 0.188. The average Bonchev–Trinajstić information content (AvgIpc) is 3.66. The number of rotatable bonds is 4. The number of aromatic nitrogens is 2. The summed E-state index contributed by atoms with van der Waals surface area (Å²) in [7, 11) is 0. The van der Waals surface area contributed by atoms with Gasteiger partial charge in [0, 0.05) is 38.7 Å². The van der Waals surface area contributed by atoms with Gasteiger partial charge >= 0.3 is 0 Å². The normalized spacial score (nSPS) is 14.2. The van der Waals surface area contributed by atoms with Crippen LogP contribution in [-0.2, 0) is 11.8 Å². The Labute approximate surface area is 303 Å². The third kappa shape index (κ3) is 4.54. The van der Waals surface area contributed by atoms with Crippen molar-refractivity contribution in [1.29, 1.82) is 5.26 Å². The van der Waals surface area contributed by atoms with Gasteiger partial charge in [0.05, 0.1) is 28.4 Å². The first-order chi connectivity index (χ1) is 25.5. The number of hydrogen-bond acceptors (Lipinski definition) is 2. The van der Waals surface area contributed by atoms with Crippen LogP contribution in [0, 0.1) is 11.3 Å². The van der Waals surface area contributed by atoms with Gasteiger partial charge in [-0.1, -0.05) is 117 Å². The van der Waals surface area contributed by atoms with E-state index in [0.29, 0.717) is 5.56 Å². The molecular formula is C49H35N3. The predicted molar refractivity (Wildman–Crippen MR) is 214 cm³/mol.